The van der Waals surface area contributed by atoms with Gasteiger partial charge in [-0.2, -0.15) is 0 Å². The minimum absolute atomic E-state index is 0.102. The Kier molecular flexibility index (Phi) is 16.2. The molecule has 0 atom stereocenters. The smallest absolute Gasteiger partial charge is 0.234 e. The van der Waals surface area contributed by atoms with Crippen molar-refractivity contribution in [3.63, 3.8) is 0 Å². The number of rotatable bonds is 26. The van der Waals surface area contributed by atoms with E-state index in [-0.39, 0.29) is 121 Å². The summed E-state index contributed by atoms with van der Waals surface area (Å²) in [4.78, 5) is 113. The van der Waals surface area contributed by atoms with Gasteiger partial charge in [0.25, 0.3) is 0 Å². The van der Waals surface area contributed by atoms with Crippen LogP contribution in [-0.4, -0.2) is 153 Å². The largest absolute Gasteiger partial charge is 0.348 e. The number of aromatic amines is 5. The van der Waals surface area contributed by atoms with Crippen molar-refractivity contribution >= 4 is 84.7 Å². The van der Waals surface area contributed by atoms with Gasteiger partial charge in [-0.1, -0.05) is 60.7 Å². The van der Waals surface area contributed by atoms with Gasteiger partial charge >= 0.3 is 0 Å². The van der Waals surface area contributed by atoms with Crippen molar-refractivity contribution in [2.45, 2.75) is 32.7 Å². The van der Waals surface area contributed by atoms with Crippen LogP contribution in [0.15, 0.2) is 121 Å². The van der Waals surface area contributed by atoms with Crippen LogP contribution in [0.1, 0.15) is 29.1 Å². The molecule has 10 N–H and O–H groups in total. The molecule has 10 aromatic rings. The summed E-state index contributed by atoms with van der Waals surface area (Å²) in [5.41, 5.74) is 8.04. The lowest BCUT2D eigenvalue weighted by molar-refractivity contribution is -0.126. The van der Waals surface area contributed by atoms with E-state index in [0.717, 1.165) is 55.2 Å². The number of fused-ring (bicyclic) bond motifs is 5. The first-order valence-corrected chi connectivity index (χ1v) is 25.3. The van der Waals surface area contributed by atoms with E-state index in [1.807, 2.05) is 126 Å². The Bertz CT molecular complexity index is 3130. The van der Waals surface area contributed by atoms with E-state index < -0.39 is 0 Å². The second-order valence-corrected chi connectivity index (χ2v) is 18.6. The van der Waals surface area contributed by atoms with E-state index in [1.165, 1.54) is 0 Å². The Labute approximate surface area is 440 Å². The molecule has 5 aromatic heterocycles. The monoisotopic (exact) mass is 1040 g/mol. The fourth-order valence-corrected chi connectivity index (χ4v) is 8.92. The third-order valence-corrected chi connectivity index (χ3v) is 12.8. The second-order valence-electron chi connectivity index (χ2n) is 18.6. The highest BCUT2D eigenvalue weighted by Crippen LogP contribution is 2.14. The number of H-pyrrole nitrogens is 5. The molecule has 77 heavy (non-hydrogen) atoms. The minimum Gasteiger partial charge on any atom is -0.348 e. The van der Waals surface area contributed by atoms with E-state index in [1.54, 1.807) is 9.80 Å². The number of aromatic nitrogens is 10. The maximum Gasteiger partial charge on any atom is 0.234 e. The highest BCUT2D eigenvalue weighted by atomic mass is 16.2. The zero-order chi connectivity index (χ0) is 52.9. The van der Waals surface area contributed by atoms with Crippen molar-refractivity contribution in [2.75, 3.05) is 58.9 Å². The second kappa shape index (κ2) is 24.4. The fourth-order valence-electron chi connectivity index (χ4n) is 8.92. The van der Waals surface area contributed by atoms with Crippen molar-refractivity contribution < 1.29 is 24.0 Å². The van der Waals surface area contributed by atoms with Gasteiger partial charge in [0.1, 0.15) is 29.1 Å². The lowest BCUT2D eigenvalue weighted by Gasteiger charge is -2.29. The first kappa shape index (κ1) is 51.2. The van der Waals surface area contributed by atoms with E-state index >= 15 is 0 Å². The van der Waals surface area contributed by atoms with Crippen LogP contribution in [0.5, 0.6) is 0 Å². The molecular formula is C54H58N18O5. The first-order valence-electron chi connectivity index (χ1n) is 25.3. The van der Waals surface area contributed by atoms with Crippen LogP contribution < -0.4 is 26.6 Å². The number of imidazole rings is 5. The number of hydrogen-bond acceptors (Lipinski definition) is 13. The Morgan fingerprint density at radius 3 is 0.714 bits per heavy atom. The molecule has 0 saturated carbocycles. The molecule has 0 radical (unpaired) electrons. The van der Waals surface area contributed by atoms with E-state index in [4.69, 9.17) is 0 Å². The Morgan fingerprint density at radius 1 is 0.299 bits per heavy atom. The fraction of sp³-hybridized carbons (Fsp3) is 0.259. The van der Waals surface area contributed by atoms with Crippen molar-refractivity contribution in [3.05, 3.63) is 150 Å². The quantitative estimate of drug-likeness (QED) is 0.0374. The van der Waals surface area contributed by atoms with Gasteiger partial charge < -0.3 is 51.5 Å². The molecule has 0 saturated heterocycles. The molecule has 5 aromatic carbocycles. The molecule has 0 aliphatic rings. The number of amides is 5. The molecule has 5 heterocycles. The van der Waals surface area contributed by atoms with Crippen LogP contribution in [0.25, 0.3) is 55.2 Å². The lowest BCUT2D eigenvalue weighted by Crippen LogP contribution is -2.49. The van der Waals surface area contributed by atoms with Crippen molar-refractivity contribution in [3.8, 4) is 0 Å². The van der Waals surface area contributed by atoms with E-state index in [0.29, 0.717) is 29.1 Å². The Morgan fingerprint density at radius 2 is 0.494 bits per heavy atom. The average molecular weight is 1040 g/mol. The number of nitrogens with one attached hydrogen (secondary N) is 10. The number of hydrogen-bond donors (Lipinski definition) is 10. The van der Waals surface area contributed by atoms with Crippen LogP contribution in [0, 0.1) is 0 Å². The molecule has 0 unspecified atom stereocenters. The van der Waals surface area contributed by atoms with Gasteiger partial charge in [0.2, 0.25) is 29.5 Å². The molecule has 0 spiro atoms. The maximum absolute atomic E-state index is 13.9. The van der Waals surface area contributed by atoms with Gasteiger partial charge in [-0.05, 0) is 60.7 Å². The number of para-hydroxylation sites is 10. The maximum atomic E-state index is 13.9. The van der Waals surface area contributed by atoms with Gasteiger partial charge in [0, 0.05) is 26.2 Å². The SMILES string of the molecule is O=C(CN(CCN(CC(=O)NCc1nc2ccccc2[nH]1)CC(=O)NCc1nc2ccccc2[nH]1)CCN(CC(=O)NCc1nc2ccccc2[nH]1)CC(=O)NCc1nc2ccccc2[nH]1)NCc1nc2ccccc2[nH]1. The third-order valence-electron chi connectivity index (χ3n) is 12.8. The molecule has 0 aliphatic carbocycles. The van der Waals surface area contributed by atoms with Crippen LogP contribution in [0.3, 0.4) is 0 Å². The topological polar surface area (TPSA) is 299 Å². The zero-order valence-electron chi connectivity index (χ0n) is 42.1. The summed E-state index contributed by atoms with van der Waals surface area (Å²) in [6, 6.07) is 37.9. The van der Waals surface area contributed by atoms with Crippen LogP contribution >= 0.6 is 0 Å². The van der Waals surface area contributed by atoms with Crippen LogP contribution in [0.2, 0.25) is 0 Å². The normalized spacial score (nSPS) is 11.7. The van der Waals surface area contributed by atoms with E-state index in [9.17, 15) is 24.0 Å². The van der Waals surface area contributed by atoms with Crippen molar-refractivity contribution in [2.24, 2.45) is 0 Å². The summed E-state index contributed by atoms with van der Waals surface area (Å²) >= 11 is 0. The zero-order valence-corrected chi connectivity index (χ0v) is 42.1. The summed E-state index contributed by atoms with van der Waals surface area (Å²) < 4.78 is 0. The Hall–Kier alpha value is -9.32. The predicted molar refractivity (Wildman–Crippen MR) is 289 cm³/mol. The van der Waals surface area contributed by atoms with Gasteiger partial charge in [0.05, 0.1) is 121 Å². The molecule has 394 valence electrons. The van der Waals surface area contributed by atoms with Gasteiger partial charge in [-0.15, -0.1) is 0 Å². The first-order chi connectivity index (χ1) is 37.6. The number of carbonyl (C=O) groups is 5. The summed E-state index contributed by atoms with van der Waals surface area (Å²) in [5, 5.41) is 14.7. The van der Waals surface area contributed by atoms with Gasteiger partial charge in [-0.25, -0.2) is 24.9 Å². The predicted octanol–water partition coefficient (Wildman–Crippen LogP) is 2.86. The summed E-state index contributed by atoms with van der Waals surface area (Å²) in [7, 11) is 0. The summed E-state index contributed by atoms with van der Waals surface area (Å²) in [6.45, 7) is 0.659. The van der Waals surface area contributed by atoms with Crippen molar-refractivity contribution in [1.29, 1.82) is 0 Å². The number of benzene rings is 5. The molecule has 10 rings (SSSR count). The van der Waals surface area contributed by atoms with Gasteiger partial charge in [-0.3, -0.25) is 38.7 Å². The number of nitrogens with zero attached hydrogens (tertiary/aromatic N) is 8. The standard InChI is InChI=1S/C54H58N18O5/c73-50(55-25-45-60-35-11-1-2-12-36(35)61-45)30-70(21-23-71(31-51(74)56-26-46-62-37-13-3-4-14-38(37)63-46)32-52(75)57-27-47-64-39-15-5-6-16-40(39)65-47)22-24-72(33-53(76)58-28-48-66-41-17-7-8-18-42(41)67-48)34-54(77)59-29-49-68-43-19-9-10-20-44(43)69-49/h1-20H,21-34H2,(H,55,73)(H,56,74)(H,57,75)(H,58,76)(H,59,77)(H,60,61)(H,62,63)(H,64,65)(H,66,67)(H,68,69). The van der Waals surface area contributed by atoms with Crippen LogP contribution in [0.4, 0.5) is 0 Å². The summed E-state index contributed by atoms with van der Waals surface area (Å²) in [5.74, 6) is 1.17. The average Bonchev–Trinajstić information content (AvgIpc) is 4.30. The molecule has 23 heteroatoms. The molecule has 5 amide bonds. The van der Waals surface area contributed by atoms with E-state index in [2.05, 4.69) is 76.4 Å². The van der Waals surface area contributed by atoms with Crippen LogP contribution in [-0.2, 0) is 56.7 Å². The molecular weight excluding hydrogens is 981 g/mol. The van der Waals surface area contributed by atoms with Crippen molar-refractivity contribution in [1.82, 2.24) is 91.1 Å². The van der Waals surface area contributed by atoms with Gasteiger partial charge in [0.15, 0.2) is 0 Å². The Balaban J connectivity index is 0.837. The highest BCUT2D eigenvalue weighted by Gasteiger charge is 2.22. The third kappa shape index (κ3) is 14.1. The molecule has 23 nitrogen and oxygen atoms in total. The summed E-state index contributed by atoms with van der Waals surface area (Å²) in [6.07, 6.45) is 0. The lowest BCUT2D eigenvalue weighted by atomic mass is 10.3. The molecule has 0 fully saturated rings. The highest BCUT2D eigenvalue weighted by molar-refractivity contribution is 5.83. The minimum atomic E-state index is -0.348. The number of carbonyl (C=O) groups excluding carboxylic acids is 5. The molecule has 0 aliphatic heterocycles. The molecule has 0 bridgehead atoms.